The third-order valence-electron chi connectivity index (χ3n) is 4.85. The summed E-state index contributed by atoms with van der Waals surface area (Å²) >= 11 is 0. The molecule has 4 rings (SSSR count). The third-order valence-corrected chi connectivity index (χ3v) is 4.85. The summed E-state index contributed by atoms with van der Waals surface area (Å²) in [5.41, 5.74) is 4.80. The first-order valence-corrected chi connectivity index (χ1v) is 8.08. The molecule has 2 aromatic carbocycles. The molecule has 1 unspecified atom stereocenters. The van der Waals surface area contributed by atoms with Crippen LogP contribution in [-0.2, 0) is 6.42 Å². The highest BCUT2D eigenvalue weighted by molar-refractivity contribution is 5.84. The summed E-state index contributed by atoms with van der Waals surface area (Å²) < 4.78 is 0. The number of hydrogen-bond donors (Lipinski definition) is 1. The van der Waals surface area contributed by atoms with Gasteiger partial charge in [0.2, 0.25) is 0 Å². The lowest BCUT2D eigenvalue weighted by atomic mass is 9.99. The number of fused-ring (bicyclic) bond motifs is 3. The molecule has 2 heterocycles. The van der Waals surface area contributed by atoms with Crippen molar-refractivity contribution >= 4 is 11.4 Å². The molecule has 0 radical (unpaired) electrons. The maximum Gasteiger partial charge on any atom is 0.270 e. The summed E-state index contributed by atoms with van der Waals surface area (Å²) in [5, 5.41) is 14.5. The predicted octanol–water partition coefficient (Wildman–Crippen LogP) is 2.99. The van der Waals surface area contributed by atoms with Crippen LogP contribution in [0.2, 0.25) is 0 Å². The lowest BCUT2D eigenvalue weighted by Gasteiger charge is -2.26. The van der Waals surface area contributed by atoms with Gasteiger partial charge in [-0.2, -0.15) is 0 Å². The van der Waals surface area contributed by atoms with Crippen molar-refractivity contribution in [3.8, 4) is 11.1 Å². The van der Waals surface area contributed by atoms with Gasteiger partial charge in [0.05, 0.1) is 4.92 Å². The zero-order valence-corrected chi connectivity index (χ0v) is 12.9. The Bertz CT molecular complexity index is 760. The largest absolute Gasteiger partial charge is 0.366 e. The number of non-ortho nitro benzene ring substituents is 1. The van der Waals surface area contributed by atoms with E-state index < -0.39 is 0 Å². The Kier molecular flexibility index (Phi) is 3.50. The van der Waals surface area contributed by atoms with Gasteiger partial charge < -0.3 is 10.2 Å². The van der Waals surface area contributed by atoms with Gasteiger partial charge in [0.1, 0.15) is 0 Å². The second-order valence-electron chi connectivity index (χ2n) is 6.21. The fourth-order valence-corrected chi connectivity index (χ4v) is 3.81. The molecule has 0 aliphatic carbocycles. The molecule has 0 bridgehead atoms. The Morgan fingerprint density at radius 2 is 2.04 bits per heavy atom. The highest BCUT2D eigenvalue weighted by Gasteiger charge is 2.32. The van der Waals surface area contributed by atoms with Gasteiger partial charge in [0.25, 0.3) is 5.69 Å². The minimum atomic E-state index is -0.328. The van der Waals surface area contributed by atoms with E-state index in [1.807, 2.05) is 6.07 Å². The van der Waals surface area contributed by atoms with Crippen molar-refractivity contribution in [3.63, 3.8) is 0 Å². The molecule has 5 nitrogen and oxygen atoms in total. The predicted molar refractivity (Wildman–Crippen MR) is 90.9 cm³/mol. The molecule has 1 atom stereocenters. The Morgan fingerprint density at radius 3 is 2.91 bits per heavy atom. The summed E-state index contributed by atoms with van der Waals surface area (Å²) in [6.45, 7) is 3.03. The Morgan fingerprint density at radius 1 is 1.17 bits per heavy atom. The van der Waals surface area contributed by atoms with Crippen molar-refractivity contribution in [1.82, 2.24) is 5.32 Å². The molecule has 0 spiro atoms. The second kappa shape index (κ2) is 5.66. The van der Waals surface area contributed by atoms with Crippen LogP contribution in [0.25, 0.3) is 11.1 Å². The lowest BCUT2D eigenvalue weighted by Crippen LogP contribution is -2.33. The van der Waals surface area contributed by atoms with Crippen molar-refractivity contribution in [3.05, 3.63) is 58.1 Å². The first kappa shape index (κ1) is 14.2. The summed E-state index contributed by atoms with van der Waals surface area (Å²) in [4.78, 5) is 13.2. The molecule has 0 amide bonds. The number of rotatable bonds is 2. The number of para-hydroxylation sites is 1. The van der Waals surface area contributed by atoms with E-state index in [0.717, 1.165) is 43.6 Å². The minimum absolute atomic E-state index is 0.146. The van der Waals surface area contributed by atoms with Gasteiger partial charge >= 0.3 is 0 Å². The third kappa shape index (κ3) is 2.47. The van der Waals surface area contributed by atoms with Gasteiger partial charge in [-0.25, -0.2) is 0 Å². The number of nitrogens with zero attached hydrogens (tertiary/aromatic N) is 2. The summed E-state index contributed by atoms with van der Waals surface area (Å²) in [6, 6.07) is 13.8. The molecule has 1 fully saturated rings. The van der Waals surface area contributed by atoms with Gasteiger partial charge in [0, 0.05) is 42.5 Å². The standard InChI is InChI=1S/C18H19N3O2/c22-21(23)16-5-1-3-13(11-16)17-6-2-4-14-12-15-7-8-19-9-10-20(15)18(14)17/h1-6,11,15,19H,7-10,12H2. The van der Waals surface area contributed by atoms with Gasteiger partial charge in [-0.1, -0.05) is 30.3 Å². The van der Waals surface area contributed by atoms with Crippen molar-refractivity contribution in [2.24, 2.45) is 0 Å². The number of anilines is 1. The zero-order valence-electron chi connectivity index (χ0n) is 12.9. The topological polar surface area (TPSA) is 58.4 Å². The number of nitrogens with one attached hydrogen (secondary N) is 1. The summed E-state index contributed by atoms with van der Waals surface area (Å²) in [6.07, 6.45) is 2.21. The van der Waals surface area contributed by atoms with Crippen LogP contribution in [0.1, 0.15) is 12.0 Å². The average molecular weight is 309 g/mol. The first-order valence-electron chi connectivity index (χ1n) is 8.08. The van der Waals surface area contributed by atoms with Gasteiger partial charge in [-0.15, -0.1) is 0 Å². The first-order chi connectivity index (χ1) is 11.2. The summed E-state index contributed by atoms with van der Waals surface area (Å²) in [5.74, 6) is 0. The van der Waals surface area contributed by atoms with E-state index in [-0.39, 0.29) is 10.6 Å². The number of nitro benzene ring substituents is 1. The lowest BCUT2D eigenvalue weighted by molar-refractivity contribution is -0.384. The van der Waals surface area contributed by atoms with Crippen LogP contribution in [0.4, 0.5) is 11.4 Å². The SMILES string of the molecule is O=[N+]([O-])c1cccc(-c2cccc3c2N2CCNCCC2C3)c1. The van der Waals surface area contributed by atoms with Crippen LogP contribution >= 0.6 is 0 Å². The van der Waals surface area contributed by atoms with Crippen molar-refractivity contribution in [1.29, 1.82) is 0 Å². The summed E-state index contributed by atoms with van der Waals surface area (Å²) in [7, 11) is 0. The van der Waals surface area contributed by atoms with E-state index in [2.05, 4.69) is 28.4 Å². The number of benzene rings is 2. The van der Waals surface area contributed by atoms with Crippen LogP contribution in [0.3, 0.4) is 0 Å². The van der Waals surface area contributed by atoms with Crippen LogP contribution in [0, 0.1) is 10.1 Å². The van der Waals surface area contributed by atoms with E-state index >= 15 is 0 Å². The molecule has 0 aromatic heterocycles. The highest BCUT2D eigenvalue weighted by atomic mass is 16.6. The molecule has 2 aliphatic heterocycles. The molecular formula is C18H19N3O2. The van der Waals surface area contributed by atoms with Gasteiger partial charge in [-0.3, -0.25) is 10.1 Å². The van der Waals surface area contributed by atoms with Crippen LogP contribution in [0.5, 0.6) is 0 Å². The smallest absolute Gasteiger partial charge is 0.270 e. The number of nitro groups is 1. The Labute approximate surface area is 135 Å². The normalized spacial score (nSPS) is 19.8. The molecule has 118 valence electrons. The molecule has 5 heteroatoms. The van der Waals surface area contributed by atoms with E-state index in [9.17, 15) is 10.1 Å². The minimum Gasteiger partial charge on any atom is -0.366 e. The molecule has 1 saturated heterocycles. The highest BCUT2D eigenvalue weighted by Crippen LogP contribution is 2.42. The number of hydrogen-bond acceptors (Lipinski definition) is 4. The molecule has 23 heavy (non-hydrogen) atoms. The molecular weight excluding hydrogens is 290 g/mol. The van der Waals surface area contributed by atoms with Crippen molar-refractivity contribution in [2.45, 2.75) is 18.9 Å². The van der Waals surface area contributed by atoms with Gasteiger partial charge in [-0.05, 0) is 30.5 Å². The Balaban J connectivity index is 1.81. The van der Waals surface area contributed by atoms with Crippen LogP contribution in [-0.4, -0.2) is 30.6 Å². The average Bonchev–Trinajstić information content (AvgIpc) is 2.76. The van der Waals surface area contributed by atoms with E-state index in [4.69, 9.17) is 0 Å². The maximum atomic E-state index is 11.1. The maximum absolute atomic E-state index is 11.1. The molecule has 1 N–H and O–H groups in total. The zero-order chi connectivity index (χ0) is 15.8. The van der Waals surface area contributed by atoms with Crippen molar-refractivity contribution in [2.75, 3.05) is 24.5 Å². The van der Waals surface area contributed by atoms with E-state index in [0.29, 0.717) is 6.04 Å². The molecule has 0 saturated carbocycles. The fourth-order valence-electron chi connectivity index (χ4n) is 3.81. The van der Waals surface area contributed by atoms with E-state index in [1.54, 1.807) is 18.2 Å². The quantitative estimate of drug-likeness (QED) is 0.684. The second-order valence-corrected chi connectivity index (χ2v) is 6.21. The monoisotopic (exact) mass is 309 g/mol. The fraction of sp³-hybridized carbons (Fsp3) is 0.333. The molecule has 2 aliphatic rings. The van der Waals surface area contributed by atoms with E-state index in [1.165, 1.54) is 11.3 Å². The van der Waals surface area contributed by atoms with Crippen LogP contribution < -0.4 is 10.2 Å². The molecule has 2 aromatic rings. The van der Waals surface area contributed by atoms with Crippen molar-refractivity contribution < 1.29 is 4.92 Å². The van der Waals surface area contributed by atoms with Crippen LogP contribution in [0.15, 0.2) is 42.5 Å². The van der Waals surface area contributed by atoms with Gasteiger partial charge in [0.15, 0.2) is 0 Å². The Hall–Kier alpha value is -2.40.